The van der Waals surface area contributed by atoms with Gasteiger partial charge in [-0.25, -0.2) is 4.98 Å². The molecule has 1 heterocycles. The topological polar surface area (TPSA) is 41.1 Å². The number of anilines is 3. The van der Waals surface area contributed by atoms with Gasteiger partial charge in [0.2, 0.25) is 5.95 Å². The van der Waals surface area contributed by atoms with Crippen LogP contribution in [0.5, 0.6) is 0 Å². The van der Waals surface area contributed by atoms with Crippen molar-refractivity contribution in [2.45, 2.75) is 20.8 Å². The Bertz CT molecular complexity index is 627. The van der Waals surface area contributed by atoms with Crippen LogP contribution in [0.1, 0.15) is 19.5 Å². The first kappa shape index (κ1) is 15.9. The van der Waals surface area contributed by atoms with E-state index < -0.39 is 0 Å². The maximum Gasteiger partial charge on any atom is 0.229 e. The highest BCUT2D eigenvalue weighted by molar-refractivity contribution is 6.36. The van der Waals surface area contributed by atoms with Crippen LogP contribution in [0.4, 0.5) is 17.5 Å². The summed E-state index contributed by atoms with van der Waals surface area (Å²) in [6.07, 6.45) is 0. The molecule has 112 valence electrons. The summed E-state index contributed by atoms with van der Waals surface area (Å²) in [5, 5.41) is 4.28. The van der Waals surface area contributed by atoms with E-state index in [-0.39, 0.29) is 0 Å². The van der Waals surface area contributed by atoms with Gasteiger partial charge in [-0.3, -0.25) is 0 Å². The zero-order valence-electron chi connectivity index (χ0n) is 12.3. The van der Waals surface area contributed by atoms with E-state index in [1.165, 1.54) is 0 Å². The van der Waals surface area contributed by atoms with Gasteiger partial charge >= 0.3 is 0 Å². The third-order valence-corrected chi connectivity index (χ3v) is 3.65. The lowest BCUT2D eigenvalue weighted by molar-refractivity contribution is 0.840. The van der Waals surface area contributed by atoms with Gasteiger partial charge < -0.3 is 10.2 Å². The van der Waals surface area contributed by atoms with Gasteiger partial charge in [-0.1, -0.05) is 23.2 Å². The number of halogens is 2. The molecule has 21 heavy (non-hydrogen) atoms. The van der Waals surface area contributed by atoms with Gasteiger partial charge in [0.05, 0.1) is 10.7 Å². The van der Waals surface area contributed by atoms with Crippen molar-refractivity contribution in [2.75, 3.05) is 23.3 Å². The lowest BCUT2D eigenvalue weighted by atomic mass is 10.3. The third kappa shape index (κ3) is 3.99. The van der Waals surface area contributed by atoms with Crippen LogP contribution in [-0.4, -0.2) is 23.1 Å². The summed E-state index contributed by atoms with van der Waals surface area (Å²) >= 11 is 12.1. The number of hydrogen-bond donors (Lipinski definition) is 1. The molecule has 0 aliphatic rings. The molecule has 0 saturated heterocycles. The number of aryl methyl sites for hydroxylation is 1. The van der Waals surface area contributed by atoms with Crippen molar-refractivity contribution in [3.05, 3.63) is 40.0 Å². The second-order valence-electron chi connectivity index (χ2n) is 4.61. The van der Waals surface area contributed by atoms with Gasteiger partial charge in [0.25, 0.3) is 0 Å². The number of benzene rings is 1. The molecule has 2 rings (SSSR count). The Balaban J connectivity index is 2.31. The Hall–Kier alpha value is -1.52. The van der Waals surface area contributed by atoms with E-state index in [2.05, 4.69) is 34.0 Å². The predicted octanol–water partition coefficient (Wildman–Crippen LogP) is 4.68. The number of rotatable bonds is 5. The Morgan fingerprint density at radius 2 is 1.81 bits per heavy atom. The summed E-state index contributed by atoms with van der Waals surface area (Å²) in [5.74, 6) is 1.43. The smallest absolute Gasteiger partial charge is 0.229 e. The van der Waals surface area contributed by atoms with Crippen molar-refractivity contribution < 1.29 is 0 Å². The second-order valence-corrected chi connectivity index (χ2v) is 5.46. The van der Waals surface area contributed by atoms with E-state index in [0.29, 0.717) is 16.0 Å². The highest BCUT2D eigenvalue weighted by atomic mass is 35.5. The van der Waals surface area contributed by atoms with Gasteiger partial charge in [-0.05, 0) is 39.0 Å². The van der Waals surface area contributed by atoms with E-state index in [4.69, 9.17) is 23.2 Å². The Labute approximate surface area is 135 Å². The van der Waals surface area contributed by atoms with Crippen LogP contribution in [0.25, 0.3) is 0 Å². The number of nitrogens with zero attached hydrogens (tertiary/aromatic N) is 3. The summed E-state index contributed by atoms with van der Waals surface area (Å²) < 4.78 is 0. The summed E-state index contributed by atoms with van der Waals surface area (Å²) in [6, 6.07) is 7.25. The largest absolute Gasteiger partial charge is 0.357 e. The Morgan fingerprint density at radius 3 is 2.43 bits per heavy atom. The highest BCUT2D eigenvalue weighted by Crippen LogP contribution is 2.27. The average Bonchev–Trinajstić information content (AvgIpc) is 2.43. The molecule has 1 N–H and O–H groups in total. The maximum absolute atomic E-state index is 6.16. The minimum Gasteiger partial charge on any atom is -0.357 e. The fraction of sp³-hybridized carbons (Fsp3) is 0.333. The fourth-order valence-corrected chi connectivity index (χ4v) is 2.48. The van der Waals surface area contributed by atoms with Crippen LogP contribution < -0.4 is 10.2 Å². The van der Waals surface area contributed by atoms with Crippen molar-refractivity contribution in [1.82, 2.24) is 9.97 Å². The Morgan fingerprint density at radius 1 is 1.10 bits per heavy atom. The molecule has 0 radical (unpaired) electrons. The molecule has 0 saturated carbocycles. The average molecular weight is 325 g/mol. The quantitative estimate of drug-likeness (QED) is 0.866. The Kier molecular flexibility index (Phi) is 5.26. The van der Waals surface area contributed by atoms with Crippen molar-refractivity contribution in [3.8, 4) is 0 Å². The molecule has 1 aromatic carbocycles. The summed E-state index contributed by atoms with van der Waals surface area (Å²) in [5.41, 5.74) is 1.64. The van der Waals surface area contributed by atoms with Gasteiger partial charge in [-0.15, -0.1) is 0 Å². The first-order chi connectivity index (χ1) is 10.0. The third-order valence-electron chi connectivity index (χ3n) is 3.11. The fourth-order valence-electron chi connectivity index (χ4n) is 2.03. The van der Waals surface area contributed by atoms with Gasteiger partial charge in [0.15, 0.2) is 0 Å². The lowest BCUT2D eigenvalue weighted by Crippen LogP contribution is -2.23. The van der Waals surface area contributed by atoms with Gasteiger partial charge in [0.1, 0.15) is 5.82 Å². The first-order valence-corrected chi connectivity index (χ1v) is 7.61. The predicted molar refractivity (Wildman–Crippen MR) is 90.1 cm³/mol. The molecule has 4 nitrogen and oxygen atoms in total. The lowest BCUT2D eigenvalue weighted by Gasteiger charge is -2.20. The van der Waals surface area contributed by atoms with Crippen LogP contribution in [-0.2, 0) is 0 Å². The molecule has 0 fully saturated rings. The molecule has 2 aromatic rings. The van der Waals surface area contributed by atoms with Crippen LogP contribution in [0, 0.1) is 6.92 Å². The second kappa shape index (κ2) is 6.96. The molecule has 0 unspecified atom stereocenters. The molecule has 6 heteroatoms. The van der Waals surface area contributed by atoms with Gasteiger partial charge in [0, 0.05) is 29.9 Å². The zero-order valence-corrected chi connectivity index (χ0v) is 13.8. The summed E-state index contributed by atoms with van der Waals surface area (Å²) in [6.45, 7) is 7.94. The molecule has 0 atom stereocenters. The van der Waals surface area contributed by atoms with E-state index >= 15 is 0 Å². The zero-order chi connectivity index (χ0) is 15.4. The normalized spacial score (nSPS) is 10.5. The number of nitrogens with one attached hydrogen (secondary N) is 1. The van der Waals surface area contributed by atoms with Crippen molar-refractivity contribution in [1.29, 1.82) is 0 Å². The SMILES string of the molecule is CCN(CC)c1cc(C)nc(Nc2ccc(Cl)cc2Cl)n1. The summed E-state index contributed by atoms with van der Waals surface area (Å²) in [7, 11) is 0. The van der Waals surface area contributed by atoms with Crippen LogP contribution >= 0.6 is 23.2 Å². The molecule has 0 bridgehead atoms. The minimum absolute atomic E-state index is 0.529. The van der Waals surface area contributed by atoms with E-state index in [1.807, 2.05) is 19.1 Å². The molecule has 0 amide bonds. The number of aromatic nitrogens is 2. The van der Waals surface area contributed by atoms with Crippen molar-refractivity contribution >= 4 is 40.7 Å². The van der Waals surface area contributed by atoms with Crippen LogP contribution in [0.2, 0.25) is 10.0 Å². The molecule has 0 spiro atoms. The van der Waals surface area contributed by atoms with Crippen molar-refractivity contribution in [2.24, 2.45) is 0 Å². The monoisotopic (exact) mass is 324 g/mol. The van der Waals surface area contributed by atoms with Crippen molar-refractivity contribution in [3.63, 3.8) is 0 Å². The molecule has 1 aromatic heterocycles. The molecule has 0 aliphatic carbocycles. The molecular formula is C15H18Cl2N4. The standard InChI is InChI=1S/C15H18Cl2N4/c1-4-21(5-2)14-8-10(3)18-15(20-14)19-13-7-6-11(16)9-12(13)17/h6-9H,4-5H2,1-3H3,(H,18,19,20). The first-order valence-electron chi connectivity index (χ1n) is 6.86. The van der Waals surface area contributed by atoms with Crippen LogP contribution in [0.15, 0.2) is 24.3 Å². The van der Waals surface area contributed by atoms with Gasteiger partial charge in [-0.2, -0.15) is 4.98 Å². The maximum atomic E-state index is 6.16. The number of hydrogen-bond acceptors (Lipinski definition) is 4. The van der Waals surface area contributed by atoms with E-state index in [1.54, 1.807) is 12.1 Å². The highest BCUT2D eigenvalue weighted by Gasteiger charge is 2.09. The summed E-state index contributed by atoms with van der Waals surface area (Å²) in [4.78, 5) is 11.1. The van der Waals surface area contributed by atoms with Crippen LogP contribution in [0.3, 0.4) is 0 Å². The minimum atomic E-state index is 0.529. The van der Waals surface area contributed by atoms with E-state index in [0.717, 1.165) is 30.3 Å². The molecular weight excluding hydrogens is 307 g/mol. The molecule has 0 aliphatic heterocycles. The van der Waals surface area contributed by atoms with E-state index in [9.17, 15) is 0 Å².